The summed E-state index contributed by atoms with van der Waals surface area (Å²) >= 11 is 3.42. The van der Waals surface area contributed by atoms with Gasteiger partial charge in [0.15, 0.2) is 0 Å². The molecule has 0 atom stereocenters. The Labute approximate surface area is 156 Å². The first-order valence-electron chi connectivity index (χ1n) is 8.15. The Kier molecular flexibility index (Phi) is 5.61. The number of anilines is 1. The van der Waals surface area contributed by atoms with E-state index in [0.717, 1.165) is 21.2 Å². The summed E-state index contributed by atoms with van der Waals surface area (Å²) < 4.78 is 0.928. The summed E-state index contributed by atoms with van der Waals surface area (Å²) in [5.74, 6) is 0.538. The van der Waals surface area contributed by atoms with Gasteiger partial charge in [0.25, 0.3) is 0 Å². The minimum absolute atomic E-state index is 0.0129. The number of rotatable bonds is 5. The number of amides is 1. The first kappa shape index (κ1) is 17.4. The minimum Gasteiger partial charge on any atom is -0.311 e. The van der Waals surface area contributed by atoms with Crippen molar-refractivity contribution >= 4 is 27.7 Å². The fourth-order valence-electron chi connectivity index (χ4n) is 2.79. The van der Waals surface area contributed by atoms with Gasteiger partial charge < -0.3 is 5.32 Å². The zero-order valence-corrected chi connectivity index (χ0v) is 15.5. The average molecular weight is 395 g/mol. The molecule has 0 saturated carbocycles. The molecule has 0 bridgehead atoms. The van der Waals surface area contributed by atoms with Gasteiger partial charge in [-0.3, -0.25) is 4.79 Å². The smallest absolute Gasteiger partial charge is 0.226 e. The SMILES string of the molecule is Cc1cc(NC(=O)CC(c2ccccc2)c2ccccc2)ncc1Br. The quantitative estimate of drug-likeness (QED) is 0.636. The van der Waals surface area contributed by atoms with Crippen molar-refractivity contribution < 1.29 is 4.79 Å². The highest BCUT2D eigenvalue weighted by molar-refractivity contribution is 9.10. The summed E-state index contributed by atoms with van der Waals surface area (Å²) in [6, 6.07) is 22.1. The molecule has 1 aromatic heterocycles. The Morgan fingerprint density at radius 1 is 1.04 bits per heavy atom. The average Bonchev–Trinajstić information content (AvgIpc) is 2.64. The standard InChI is InChI=1S/C21H19BrN2O/c1-15-12-20(23-14-19(15)22)24-21(25)13-18(16-8-4-2-5-9-16)17-10-6-3-7-11-17/h2-12,14,18H,13H2,1H3,(H,23,24,25). The van der Waals surface area contributed by atoms with E-state index in [4.69, 9.17) is 0 Å². The van der Waals surface area contributed by atoms with Crippen molar-refractivity contribution in [1.29, 1.82) is 0 Å². The molecule has 1 heterocycles. The lowest BCUT2D eigenvalue weighted by Gasteiger charge is -2.18. The first-order chi connectivity index (χ1) is 12.1. The van der Waals surface area contributed by atoms with Crippen LogP contribution >= 0.6 is 15.9 Å². The summed E-state index contributed by atoms with van der Waals surface area (Å²) in [5, 5.41) is 2.91. The van der Waals surface area contributed by atoms with Gasteiger partial charge in [-0.1, -0.05) is 60.7 Å². The number of aryl methyl sites for hydroxylation is 1. The van der Waals surface area contributed by atoms with E-state index >= 15 is 0 Å². The van der Waals surface area contributed by atoms with Gasteiger partial charge in [-0.05, 0) is 45.6 Å². The number of benzene rings is 2. The maximum Gasteiger partial charge on any atom is 0.226 e. The fraction of sp³-hybridized carbons (Fsp3) is 0.143. The van der Waals surface area contributed by atoms with E-state index in [2.05, 4.69) is 50.5 Å². The highest BCUT2D eigenvalue weighted by Crippen LogP contribution is 2.28. The predicted molar refractivity (Wildman–Crippen MR) is 105 cm³/mol. The second kappa shape index (κ2) is 8.08. The van der Waals surface area contributed by atoms with E-state index in [1.807, 2.05) is 49.4 Å². The van der Waals surface area contributed by atoms with Crippen LogP contribution in [0.25, 0.3) is 0 Å². The number of carbonyl (C=O) groups is 1. The lowest BCUT2D eigenvalue weighted by Crippen LogP contribution is -2.17. The Hall–Kier alpha value is -2.46. The van der Waals surface area contributed by atoms with Crippen LogP contribution in [0.4, 0.5) is 5.82 Å². The normalized spacial score (nSPS) is 10.7. The Bertz CT molecular complexity index is 811. The highest BCUT2D eigenvalue weighted by atomic mass is 79.9. The topological polar surface area (TPSA) is 42.0 Å². The predicted octanol–water partition coefficient (Wildman–Crippen LogP) is 5.31. The molecule has 3 rings (SSSR count). The van der Waals surface area contributed by atoms with Crippen LogP contribution < -0.4 is 5.32 Å². The number of aromatic nitrogens is 1. The van der Waals surface area contributed by atoms with Crippen LogP contribution in [-0.2, 0) is 4.79 Å². The number of hydrogen-bond donors (Lipinski definition) is 1. The Morgan fingerprint density at radius 2 is 1.60 bits per heavy atom. The number of pyridine rings is 1. The molecular weight excluding hydrogens is 376 g/mol. The van der Waals surface area contributed by atoms with Gasteiger partial charge in [-0.15, -0.1) is 0 Å². The van der Waals surface area contributed by atoms with Crippen molar-refractivity contribution in [3.63, 3.8) is 0 Å². The summed E-state index contributed by atoms with van der Waals surface area (Å²) in [5.41, 5.74) is 3.29. The van der Waals surface area contributed by atoms with Crippen LogP contribution in [0.5, 0.6) is 0 Å². The maximum absolute atomic E-state index is 12.6. The van der Waals surface area contributed by atoms with E-state index in [1.54, 1.807) is 6.20 Å². The number of nitrogens with one attached hydrogen (secondary N) is 1. The van der Waals surface area contributed by atoms with Crippen molar-refractivity contribution in [2.45, 2.75) is 19.3 Å². The summed E-state index contributed by atoms with van der Waals surface area (Å²) in [7, 11) is 0. The van der Waals surface area contributed by atoms with Gasteiger partial charge in [0.05, 0.1) is 0 Å². The van der Waals surface area contributed by atoms with Gasteiger partial charge in [0.2, 0.25) is 5.91 Å². The van der Waals surface area contributed by atoms with Crippen molar-refractivity contribution in [3.8, 4) is 0 Å². The van der Waals surface area contributed by atoms with Gasteiger partial charge in [-0.25, -0.2) is 4.98 Å². The third kappa shape index (κ3) is 4.54. The van der Waals surface area contributed by atoms with E-state index < -0.39 is 0 Å². The number of hydrogen-bond acceptors (Lipinski definition) is 2. The molecule has 2 aromatic carbocycles. The largest absolute Gasteiger partial charge is 0.311 e. The van der Waals surface area contributed by atoms with Crippen LogP contribution in [0, 0.1) is 6.92 Å². The summed E-state index contributed by atoms with van der Waals surface area (Å²) in [6.07, 6.45) is 2.07. The van der Waals surface area contributed by atoms with Crippen LogP contribution in [0.2, 0.25) is 0 Å². The van der Waals surface area contributed by atoms with Gasteiger partial charge in [-0.2, -0.15) is 0 Å². The molecular formula is C21H19BrN2O. The number of carbonyl (C=O) groups excluding carboxylic acids is 1. The monoisotopic (exact) mass is 394 g/mol. The summed E-state index contributed by atoms with van der Waals surface area (Å²) in [4.78, 5) is 16.9. The molecule has 0 spiro atoms. The molecule has 126 valence electrons. The van der Waals surface area contributed by atoms with Crippen molar-refractivity contribution in [2.75, 3.05) is 5.32 Å². The van der Waals surface area contributed by atoms with Gasteiger partial charge >= 0.3 is 0 Å². The molecule has 0 radical (unpaired) electrons. The summed E-state index contributed by atoms with van der Waals surface area (Å²) in [6.45, 7) is 1.97. The van der Waals surface area contributed by atoms with E-state index in [-0.39, 0.29) is 11.8 Å². The van der Waals surface area contributed by atoms with Crippen LogP contribution in [0.1, 0.15) is 29.0 Å². The van der Waals surface area contributed by atoms with Crippen molar-refractivity contribution in [3.05, 3.63) is 94.1 Å². The molecule has 1 N–H and O–H groups in total. The zero-order chi connectivity index (χ0) is 17.6. The fourth-order valence-corrected chi connectivity index (χ4v) is 3.00. The van der Waals surface area contributed by atoms with Crippen LogP contribution in [0.15, 0.2) is 77.4 Å². The maximum atomic E-state index is 12.6. The second-order valence-corrected chi connectivity index (χ2v) is 6.80. The number of nitrogens with zero attached hydrogens (tertiary/aromatic N) is 1. The Morgan fingerprint density at radius 3 is 2.12 bits per heavy atom. The minimum atomic E-state index is -0.0491. The second-order valence-electron chi connectivity index (χ2n) is 5.94. The molecule has 4 heteroatoms. The van der Waals surface area contributed by atoms with Crippen LogP contribution in [0.3, 0.4) is 0 Å². The molecule has 1 amide bonds. The van der Waals surface area contributed by atoms with Crippen molar-refractivity contribution in [2.24, 2.45) is 0 Å². The molecule has 3 nitrogen and oxygen atoms in total. The van der Waals surface area contributed by atoms with E-state index in [1.165, 1.54) is 0 Å². The van der Waals surface area contributed by atoms with Crippen LogP contribution in [-0.4, -0.2) is 10.9 Å². The Balaban J connectivity index is 1.80. The van der Waals surface area contributed by atoms with Gasteiger partial charge in [0.1, 0.15) is 5.82 Å². The van der Waals surface area contributed by atoms with Gasteiger partial charge in [0, 0.05) is 23.0 Å². The molecule has 0 unspecified atom stereocenters. The van der Waals surface area contributed by atoms with Crippen molar-refractivity contribution in [1.82, 2.24) is 4.98 Å². The molecule has 3 aromatic rings. The molecule has 0 aliphatic heterocycles. The molecule has 25 heavy (non-hydrogen) atoms. The first-order valence-corrected chi connectivity index (χ1v) is 8.94. The third-order valence-corrected chi connectivity index (χ3v) is 4.94. The molecule has 0 aliphatic carbocycles. The lowest BCUT2D eigenvalue weighted by molar-refractivity contribution is -0.116. The molecule has 0 fully saturated rings. The van der Waals surface area contributed by atoms with E-state index in [0.29, 0.717) is 12.2 Å². The third-order valence-electron chi connectivity index (χ3n) is 4.11. The van der Waals surface area contributed by atoms with E-state index in [9.17, 15) is 4.79 Å². The molecule has 0 aliphatic rings. The zero-order valence-electron chi connectivity index (χ0n) is 13.9. The highest BCUT2D eigenvalue weighted by Gasteiger charge is 2.18. The lowest BCUT2D eigenvalue weighted by atomic mass is 9.88. The molecule has 0 saturated heterocycles. The number of halogens is 1.